The maximum atomic E-state index is 11.4. The molecule has 1 aromatic rings. The van der Waals surface area contributed by atoms with E-state index in [2.05, 4.69) is 28.7 Å². The van der Waals surface area contributed by atoms with Gasteiger partial charge in [-0.1, -0.05) is 25.4 Å². The van der Waals surface area contributed by atoms with Crippen LogP contribution in [0.25, 0.3) is 0 Å². The van der Waals surface area contributed by atoms with Crippen molar-refractivity contribution in [3.63, 3.8) is 0 Å². The second kappa shape index (κ2) is 5.31. The van der Waals surface area contributed by atoms with Crippen LogP contribution in [0.1, 0.15) is 25.3 Å². The maximum Gasteiger partial charge on any atom is 0.138 e. The molecule has 0 radical (unpaired) electrons. The first kappa shape index (κ1) is 12.8. The van der Waals surface area contributed by atoms with Crippen LogP contribution in [0.2, 0.25) is 5.15 Å². The molecule has 6 heteroatoms. The average molecular weight is 274 g/mol. The lowest BCUT2D eigenvalue weighted by atomic mass is 10.1. The monoisotopic (exact) mass is 273 g/mol. The Kier molecular flexibility index (Phi) is 3.99. The number of nitrogens with zero attached hydrogens (tertiary/aromatic N) is 3. The van der Waals surface area contributed by atoms with Crippen LogP contribution in [-0.4, -0.2) is 38.8 Å². The van der Waals surface area contributed by atoms with Gasteiger partial charge in [0.05, 0.1) is 0 Å². The second-order valence-corrected chi connectivity index (χ2v) is 6.45. The molecule has 1 aliphatic heterocycles. The first-order valence-corrected chi connectivity index (χ1v) is 7.56. The van der Waals surface area contributed by atoms with Crippen molar-refractivity contribution in [1.29, 1.82) is 0 Å². The van der Waals surface area contributed by atoms with Crippen molar-refractivity contribution in [3.05, 3.63) is 17.0 Å². The number of hydrogen-bond donors (Lipinski definition) is 0. The molecule has 1 aliphatic rings. The van der Waals surface area contributed by atoms with E-state index < -0.39 is 10.8 Å². The molecule has 0 atom stereocenters. The van der Waals surface area contributed by atoms with Gasteiger partial charge in [0.1, 0.15) is 17.3 Å². The molecule has 0 bridgehead atoms. The zero-order chi connectivity index (χ0) is 12.4. The normalized spacial score (nSPS) is 17.8. The number of anilines is 1. The Labute approximate surface area is 109 Å². The molecule has 2 rings (SSSR count). The molecular weight excluding hydrogens is 258 g/mol. The molecular formula is C11H16ClN3OS. The van der Waals surface area contributed by atoms with Crippen LogP contribution in [0.5, 0.6) is 0 Å². The first-order chi connectivity index (χ1) is 8.09. The maximum absolute atomic E-state index is 11.4. The third-order valence-electron chi connectivity index (χ3n) is 2.87. The summed E-state index contributed by atoms with van der Waals surface area (Å²) in [5, 5.41) is 0.525. The Morgan fingerprint density at radius 3 is 2.59 bits per heavy atom. The minimum absolute atomic E-state index is 0.283. The summed E-state index contributed by atoms with van der Waals surface area (Å²) in [6.07, 6.45) is 1.50. The minimum Gasteiger partial charge on any atom is -0.354 e. The van der Waals surface area contributed by atoms with Gasteiger partial charge in [-0.15, -0.1) is 0 Å². The SMILES string of the molecule is CC(C)c1c(Cl)ncnc1N1CCS(=O)CC1. The van der Waals surface area contributed by atoms with E-state index in [1.165, 1.54) is 6.33 Å². The molecule has 0 N–H and O–H groups in total. The molecule has 0 aliphatic carbocycles. The van der Waals surface area contributed by atoms with E-state index in [1.54, 1.807) is 0 Å². The van der Waals surface area contributed by atoms with Crippen molar-refractivity contribution < 1.29 is 4.21 Å². The molecule has 0 aromatic carbocycles. The predicted octanol–water partition coefficient (Wildman–Crippen LogP) is 1.82. The minimum atomic E-state index is -0.675. The lowest BCUT2D eigenvalue weighted by Crippen LogP contribution is -2.39. The number of hydrogen-bond acceptors (Lipinski definition) is 4. The van der Waals surface area contributed by atoms with Gasteiger partial charge in [0, 0.05) is 41.0 Å². The van der Waals surface area contributed by atoms with Crippen LogP contribution in [0.15, 0.2) is 6.33 Å². The highest BCUT2D eigenvalue weighted by atomic mass is 35.5. The fourth-order valence-electron chi connectivity index (χ4n) is 1.96. The third-order valence-corrected chi connectivity index (χ3v) is 4.45. The van der Waals surface area contributed by atoms with Gasteiger partial charge in [0.15, 0.2) is 0 Å². The molecule has 1 saturated heterocycles. The molecule has 94 valence electrons. The quantitative estimate of drug-likeness (QED) is 0.771. The van der Waals surface area contributed by atoms with Crippen LogP contribution >= 0.6 is 11.6 Å². The Morgan fingerprint density at radius 1 is 1.35 bits per heavy atom. The van der Waals surface area contributed by atoms with E-state index in [4.69, 9.17) is 11.6 Å². The van der Waals surface area contributed by atoms with Gasteiger partial charge < -0.3 is 4.90 Å². The third kappa shape index (κ3) is 2.77. The van der Waals surface area contributed by atoms with Gasteiger partial charge in [-0.05, 0) is 5.92 Å². The smallest absolute Gasteiger partial charge is 0.138 e. The van der Waals surface area contributed by atoms with Crippen LogP contribution < -0.4 is 4.90 Å². The van der Waals surface area contributed by atoms with Crippen molar-refractivity contribution in [1.82, 2.24) is 9.97 Å². The molecule has 2 heterocycles. The van der Waals surface area contributed by atoms with E-state index in [9.17, 15) is 4.21 Å². The summed E-state index contributed by atoms with van der Waals surface area (Å²) < 4.78 is 11.4. The van der Waals surface area contributed by atoms with Crippen molar-refractivity contribution in [3.8, 4) is 0 Å². The summed E-state index contributed by atoms with van der Waals surface area (Å²) in [6.45, 7) is 5.71. The molecule has 0 unspecified atom stereocenters. The molecule has 17 heavy (non-hydrogen) atoms. The summed E-state index contributed by atoms with van der Waals surface area (Å²) in [6, 6.07) is 0. The summed E-state index contributed by atoms with van der Waals surface area (Å²) >= 11 is 6.13. The average Bonchev–Trinajstić information content (AvgIpc) is 2.29. The van der Waals surface area contributed by atoms with E-state index in [0.29, 0.717) is 16.7 Å². The fraction of sp³-hybridized carbons (Fsp3) is 0.636. The summed E-state index contributed by atoms with van der Waals surface area (Å²) in [7, 11) is -0.675. The Bertz CT molecular complexity index is 429. The van der Waals surface area contributed by atoms with E-state index in [1.807, 2.05) is 0 Å². The topological polar surface area (TPSA) is 46.1 Å². The molecule has 0 amide bonds. The molecule has 4 nitrogen and oxygen atoms in total. The van der Waals surface area contributed by atoms with Crippen LogP contribution in [0.4, 0.5) is 5.82 Å². The van der Waals surface area contributed by atoms with Gasteiger partial charge in [0.2, 0.25) is 0 Å². The first-order valence-electron chi connectivity index (χ1n) is 5.70. The molecule has 0 saturated carbocycles. The molecule has 1 fully saturated rings. The number of aromatic nitrogens is 2. The fourth-order valence-corrected chi connectivity index (χ4v) is 3.36. The van der Waals surface area contributed by atoms with Crippen LogP contribution in [-0.2, 0) is 10.8 Å². The van der Waals surface area contributed by atoms with Gasteiger partial charge >= 0.3 is 0 Å². The van der Waals surface area contributed by atoms with Crippen LogP contribution in [0.3, 0.4) is 0 Å². The standard InChI is InChI=1S/C11H16ClN3OS/c1-8(2)9-10(12)13-7-14-11(9)15-3-5-17(16)6-4-15/h7-8H,3-6H2,1-2H3. The van der Waals surface area contributed by atoms with E-state index >= 15 is 0 Å². The van der Waals surface area contributed by atoms with Crippen LogP contribution in [0, 0.1) is 0 Å². The molecule has 1 aromatic heterocycles. The van der Waals surface area contributed by atoms with Gasteiger partial charge in [-0.2, -0.15) is 0 Å². The summed E-state index contributed by atoms with van der Waals surface area (Å²) in [5.74, 6) is 2.60. The van der Waals surface area contributed by atoms with Crippen molar-refractivity contribution >= 4 is 28.2 Å². The lowest BCUT2D eigenvalue weighted by molar-refractivity contribution is 0.671. The second-order valence-electron chi connectivity index (χ2n) is 4.39. The zero-order valence-electron chi connectivity index (χ0n) is 10.0. The van der Waals surface area contributed by atoms with Crippen molar-refractivity contribution in [2.75, 3.05) is 29.5 Å². The summed E-state index contributed by atoms with van der Waals surface area (Å²) in [5.41, 5.74) is 0.988. The highest BCUT2D eigenvalue weighted by Crippen LogP contribution is 2.30. The van der Waals surface area contributed by atoms with Gasteiger partial charge in [0.25, 0.3) is 0 Å². The highest BCUT2D eigenvalue weighted by molar-refractivity contribution is 7.85. The Hall–Kier alpha value is -0.680. The predicted molar refractivity (Wildman–Crippen MR) is 71.2 cm³/mol. The van der Waals surface area contributed by atoms with Gasteiger partial charge in [-0.3, -0.25) is 4.21 Å². The molecule has 0 spiro atoms. The Balaban J connectivity index is 2.31. The largest absolute Gasteiger partial charge is 0.354 e. The van der Waals surface area contributed by atoms with E-state index in [-0.39, 0.29) is 5.92 Å². The van der Waals surface area contributed by atoms with Crippen molar-refractivity contribution in [2.45, 2.75) is 19.8 Å². The zero-order valence-corrected chi connectivity index (χ0v) is 11.6. The van der Waals surface area contributed by atoms with Gasteiger partial charge in [-0.25, -0.2) is 9.97 Å². The Morgan fingerprint density at radius 2 is 2.00 bits per heavy atom. The number of rotatable bonds is 2. The lowest BCUT2D eigenvalue weighted by Gasteiger charge is -2.29. The van der Waals surface area contributed by atoms with E-state index in [0.717, 1.165) is 24.5 Å². The van der Waals surface area contributed by atoms with Crippen molar-refractivity contribution in [2.24, 2.45) is 0 Å². The summed E-state index contributed by atoms with van der Waals surface area (Å²) in [4.78, 5) is 10.5. The highest BCUT2D eigenvalue weighted by Gasteiger charge is 2.22. The number of halogens is 1.